The second kappa shape index (κ2) is 10.3. The third-order valence-electron chi connectivity index (χ3n) is 3.33. The molecule has 0 bridgehead atoms. The van der Waals surface area contributed by atoms with E-state index < -0.39 is 25.2 Å². The van der Waals surface area contributed by atoms with Crippen LogP contribution in [0, 0.1) is 0 Å². The van der Waals surface area contributed by atoms with Crippen LogP contribution in [0.4, 0.5) is 0 Å². The summed E-state index contributed by atoms with van der Waals surface area (Å²) in [6, 6.07) is 2.16. The second-order valence-electron chi connectivity index (χ2n) is 7.46. The van der Waals surface area contributed by atoms with Gasteiger partial charge < -0.3 is 23.8 Å². The Balaban J connectivity index is 4.29. The molecule has 0 saturated carbocycles. The summed E-state index contributed by atoms with van der Waals surface area (Å²) in [6.07, 6.45) is 2.02. The molecular weight excluding hydrogens is 330 g/mol. The van der Waals surface area contributed by atoms with Crippen LogP contribution in [0.25, 0.3) is 0 Å². The van der Waals surface area contributed by atoms with Gasteiger partial charge in [-0.05, 0) is 70.8 Å². The fourth-order valence-corrected chi connectivity index (χ4v) is 16.8. The summed E-state index contributed by atoms with van der Waals surface area (Å²) in [5, 5.41) is 8.69. The van der Waals surface area contributed by atoms with Gasteiger partial charge in [0.2, 0.25) is 0 Å². The third kappa shape index (κ3) is 11.9. The zero-order chi connectivity index (χ0) is 17.3. The molecule has 22 heavy (non-hydrogen) atoms. The molecule has 0 aliphatic rings. The van der Waals surface area contributed by atoms with Crippen LogP contribution >= 0.6 is 0 Å². The summed E-state index contributed by atoms with van der Waals surface area (Å²) >= 11 is 0. The normalized spacial score (nSPS) is 13.6. The fourth-order valence-electron chi connectivity index (χ4n) is 2.75. The van der Waals surface area contributed by atoms with E-state index in [0.29, 0.717) is 13.2 Å². The SMILES string of the molecule is C[Si](C)(CCCN)O[Si](C)(C)O[Si](C)(C)CCCOCCO. The van der Waals surface area contributed by atoms with Crippen molar-refractivity contribution < 1.29 is 18.1 Å². The molecule has 0 saturated heterocycles. The van der Waals surface area contributed by atoms with Crippen molar-refractivity contribution in [3.8, 4) is 0 Å². The minimum atomic E-state index is -2.10. The summed E-state index contributed by atoms with van der Waals surface area (Å²) in [6.45, 7) is 15.3. The molecule has 0 unspecified atom stereocenters. The highest BCUT2D eigenvalue weighted by molar-refractivity contribution is 6.87. The number of aliphatic hydroxyl groups is 1. The van der Waals surface area contributed by atoms with E-state index in [4.69, 9.17) is 23.8 Å². The van der Waals surface area contributed by atoms with Gasteiger partial charge in [0.1, 0.15) is 0 Å². The van der Waals surface area contributed by atoms with Crippen LogP contribution < -0.4 is 5.73 Å². The van der Waals surface area contributed by atoms with Crippen molar-refractivity contribution in [3.05, 3.63) is 0 Å². The van der Waals surface area contributed by atoms with E-state index in [-0.39, 0.29) is 6.61 Å². The molecule has 0 atom stereocenters. The number of hydrogen-bond donors (Lipinski definition) is 2. The van der Waals surface area contributed by atoms with Crippen LogP contribution in [0.5, 0.6) is 0 Å². The first-order valence-corrected chi connectivity index (χ1v) is 17.4. The summed E-state index contributed by atoms with van der Waals surface area (Å²) < 4.78 is 18.3. The molecular formula is C14H37NO4Si3. The van der Waals surface area contributed by atoms with E-state index in [0.717, 1.165) is 31.5 Å². The second-order valence-corrected chi connectivity index (χ2v) is 19.9. The van der Waals surface area contributed by atoms with E-state index in [1.165, 1.54) is 0 Å². The lowest BCUT2D eigenvalue weighted by Gasteiger charge is -2.38. The fraction of sp³-hybridized carbons (Fsp3) is 1.00. The predicted molar refractivity (Wildman–Crippen MR) is 100 cm³/mol. The Hall–Kier alpha value is 0.451. The van der Waals surface area contributed by atoms with Crippen LogP contribution in [0.15, 0.2) is 0 Å². The van der Waals surface area contributed by atoms with Gasteiger partial charge in [0, 0.05) is 6.61 Å². The van der Waals surface area contributed by atoms with Crippen molar-refractivity contribution >= 4 is 25.2 Å². The van der Waals surface area contributed by atoms with Gasteiger partial charge in [0.15, 0.2) is 16.6 Å². The smallest absolute Gasteiger partial charge is 0.311 e. The Morgan fingerprint density at radius 1 is 0.818 bits per heavy atom. The average Bonchev–Trinajstić information content (AvgIpc) is 2.33. The standard InChI is InChI=1S/C14H37NO4Si3/c1-20(2,13-7-9-15)18-22(5,6)19-21(3,4)14-8-11-17-12-10-16/h16H,7-15H2,1-6H3. The molecule has 3 N–H and O–H groups in total. The van der Waals surface area contributed by atoms with Gasteiger partial charge in [-0.3, -0.25) is 0 Å². The first kappa shape index (κ1) is 22.5. The molecule has 0 aromatic heterocycles. The Morgan fingerprint density at radius 3 is 1.77 bits per heavy atom. The number of nitrogens with two attached hydrogens (primary N) is 1. The first-order chi connectivity index (χ1) is 10.0. The van der Waals surface area contributed by atoms with Crippen LogP contribution in [0.1, 0.15) is 12.8 Å². The molecule has 0 amide bonds. The Kier molecular flexibility index (Phi) is 10.6. The maximum Gasteiger partial charge on any atom is 0.311 e. The molecule has 0 heterocycles. The van der Waals surface area contributed by atoms with Crippen molar-refractivity contribution in [2.45, 2.75) is 64.2 Å². The number of aliphatic hydroxyl groups excluding tert-OH is 1. The molecule has 0 aromatic rings. The van der Waals surface area contributed by atoms with E-state index in [1.54, 1.807) is 0 Å². The Morgan fingerprint density at radius 2 is 1.32 bits per heavy atom. The molecule has 0 aromatic carbocycles. The minimum absolute atomic E-state index is 0.0909. The molecule has 8 heteroatoms. The van der Waals surface area contributed by atoms with Crippen LogP contribution in [-0.4, -0.2) is 56.7 Å². The summed E-state index contributed by atoms with van der Waals surface area (Å²) in [5.41, 5.74) is 5.62. The average molecular weight is 368 g/mol. The molecule has 0 spiro atoms. The molecule has 134 valence electrons. The van der Waals surface area contributed by atoms with Gasteiger partial charge >= 0.3 is 8.56 Å². The molecule has 0 aliphatic carbocycles. The highest BCUT2D eigenvalue weighted by Crippen LogP contribution is 2.25. The Labute approximate surface area is 140 Å². The number of hydrogen-bond acceptors (Lipinski definition) is 5. The molecule has 0 radical (unpaired) electrons. The lowest BCUT2D eigenvalue weighted by molar-refractivity contribution is 0.0923. The van der Waals surface area contributed by atoms with Crippen LogP contribution in [-0.2, 0) is 13.0 Å². The van der Waals surface area contributed by atoms with Gasteiger partial charge in [-0.1, -0.05) is 0 Å². The lowest BCUT2D eigenvalue weighted by Crippen LogP contribution is -2.52. The molecule has 0 fully saturated rings. The maximum absolute atomic E-state index is 8.69. The largest absolute Gasteiger partial charge is 0.437 e. The van der Waals surface area contributed by atoms with Gasteiger partial charge in [0.05, 0.1) is 13.2 Å². The van der Waals surface area contributed by atoms with Crippen molar-refractivity contribution in [2.75, 3.05) is 26.4 Å². The minimum Gasteiger partial charge on any atom is -0.437 e. The van der Waals surface area contributed by atoms with Crippen LogP contribution in [0.2, 0.25) is 51.4 Å². The van der Waals surface area contributed by atoms with E-state index in [9.17, 15) is 0 Å². The third-order valence-corrected chi connectivity index (χ3v) is 14.8. The zero-order valence-corrected chi connectivity index (χ0v) is 18.4. The molecule has 0 aliphatic heterocycles. The van der Waals surface area contributed by atoms with Crippen molar-refractivity contribution in [2.24, 2.45) is 5.73 Å². The van der Waals surface area contributed by atoms with Gasteiger partial charge in [0.25, 0.3) is 0 Å². The highest BCUT2D eigenvalue weighted by atomic mass is 28.5. The van der Waals surface area contributed by atoms with Crippen molar-refractivity contribution in [1.29, 1.82) is 0 Å². The van der Waals surface area contributed by atoms with E-state index >= 15 is 0 Å². The van der Waals surface area contributed by atoms with Crippen molar-refractivity contribution in [3.63, 3.8) is 0 Å². The van der Waals surface area contributed by atoms with E-state index in [1.807, 2.05) is 0 Å². The van der Waals surface area contributed by atoms with E-state index in [2.05, 4.69) is 39.3 Å². The maximum atomic E-state index is 8.69. The number of rotatable bonds is 13. The lowest BCUT2D eigenvalue weighted by atomic mass is 10.5. The summed E-state index contributed by atoms with van der Waals surface area (Å²) in [7, 11) is -5.52. The van der Waals surface area contributed by atoms with Crippen molar-refractivity contribution in [1.82, 2.24) is 0 Å². The highest BCUT2D eigenvalue weighted by Gasteiger charge is 2.39. The number of ether oxygens (including phenoxy) is 1. The monoisotopic (exact) mass is 367 g/mol. The summed E-state index contributed by atoms with van der Waals surface area (Å²) in [4.78, 5) is 0. The van der Waals surface area contributed by atoms with Crippen LogP contribution in [0.3, 0.4) is 0 Å². The summed E-state index contributed by atoms with van der Waals surface area (Å²) in [5.74, 6) is 0. The van der Waals surface area contributed by atoms with Gasteiger partial charge in [-0.25, -0.2) is 0 Å². The van der Waals surface area contributed by atoms with Gasteiger partial charge in [-0.2, -0.15) is 0 Å². The molecule has 5 nitrogen and oxygen atoms in total. The quantitative estimate of drug-likeness (QED) is 0.387. The topological polar surface area (TPSA) is 73.9 Å². The predicted octanol–water partition coefficient (Wildman–Crippen LogP) is 2.88. The molecule has 0 rings (SSSR count). The zero-order valence-electron chi connectivity index (χ0n) is 15.4. The first-order valence-electron chi connectivity index (χ1n) is 8.33. The Bertz CT molecular complexity index is 302. The van der Waals surface area contributed by atoms with Gasteiger partial charge in [-0.15, -0.1) is 0 Å².